The van der Waals surface area contributed by atoms with Crippen molar-refractivity contribution in [1.82, 2.24) is 10.3 Å². The molecule has 0 bridgehead atoms. The van der Waals surface area contributed by atoms with Crippen molar-refractivity contribution >= 4 is 16.8 Å². The van der Waals surface area contributed by atoms with E-state index in [9.17, 15) is 9.18 Å². The number of benzene rings is 1. The topological polar surface area (TPSA) is 44.9 Å². The lowest BCUT2D eigenvalue weighted by molar-refractivity contribution is -0.126. The average Bonchev–Trinajstić information content (AvgIpc) is 3.25. The molecule has 1 heterocycles. The molecule has 1 aromatic carbocycles. The highest BCUT2D eigenvalue weighted by atomic mass is 19.1. The standard InChI is InChI=1S/C19H23FN2O/c20-14-6-7-15-16(11-21-17(15)10-14)19(8-9-19)12-22-18(23)13-4-2-1-3-5-13/h6-7,10-11,13,21H,1-5,8-9,12H2,(H,22,23). The van der Waals surface area contributed by atoms with Crippen LogP contribution in [0.15, 0.2) is 24.4 Å². The zero-order valence-electron chi connectivity index (χ0n) is 13.3. The minimum absolute atomic E-state index is 0.0421. The molecule has 2 aliphatic carbocycles. The van der Waals surface area contributed by atoms with Gasteiger partial charge in [-0.05, 0) is 49.4 Å². The van der Waals surface area contributed by atoms with Gasteiger partial charge in [-0.1, -0.05) is 19.3 Å². The zero-order chi connectivity index (χ0) is 15.9. The molecule has 1 aromatic heterocycles. The molecule has 2 saturated carbocycles. The minimum atomic E-state index is -0.221. The highest BCUT2D eigenvalue weighted by molar-refractivity contribution is 5.85. The summed E-state index contributed by atoms with van der Waals surface area (Å²) in [5.74, 6) is 0.208. The van der Waals surface area contributed by atoms with Crippen molar-refractivity contribution in [2.75, 3.05) is 6.54 Å². The SMILES string of the molecule is O=C(NCC1(c2c[nH]c3cc(F)ccc23)CC1)C1CCCCC1. The summed E-state index contributed by atoms with van der Waals surface area (Å²) < 4.78 is 13.3. The molecule has 2 N–H and O–H groups in total. The van der Waals surface area contributed by atoms with Gasteiger partial charge >= 0.3 is 0 Å². The van der Waals surface area contributed by atoms with Crippen LogP contribution >= 0.6 is 0 Å². The van der Waals surface area contributed by atoms with Crippen LogP contribution in [-0.4, -0.2) is 17.4 Å². The molecule has 0 radical (unpaired) electrons. The van der Waals surface area contributed by atoms with Crippen LogP contribution < -0.4 is 5.32 Å². The van der Waals surface area contributed by atoms with Gasteiger partial charge in [-0.25, -0.2) is 4.39 Å². The summed E-state index contributed by atoms with van der Waals surface area (Å²) in [6.07, 6.45) is 9.85. The van der Waals surface area contributed by atoms with Gasteiger partial charge in [-0.15, -0.1) is 0 Å². The fourth-order valence-electron chi connectivity index (χ4n) is 3.99. The molecule has 0 spiro atoms. The monoisotopic (exact) mass is 314 g/mol. The van der Waals surface area contributed by atoms with E-state index in [4.69, 9.17) is 0 Å². The van der Waals surface area contributed by atoms with Crippen LogP contribution in [-0.2, 0) is 10.2 Å². The number of carbonyl (C=O) groups excluding carboxylic acids is 1. The van der Waals surface area contributed by atoms with E-state index in [0.29, 0.717) is 6.54 Å². The Kier molecular flexibility index (Phi) is 3.63. The molecule has 3 nitrogen and oxygen atoms in total. The Hall–Kier alpha value is -1.84. The number of halogens is 1. The predicted molar refractivity (Wildman–Crippen MR) is 88.8 cm³/mol. The second kappa shape index (κ2) is 5.66. The lowest BCUT2D eigenvalue weighted by Crippen LogP contribution is -2.37. The summed E-state index contributed by atoms with van der Waals surface area (Å²) in [7, 11) is 0. The molecule has 0 unspecified atom stereocenters. The molecule has 2 aromatic rings. The Morgan fingerprint density at radius 3 is 2.78 bits per heavy atom. The highest BCUT2D eigenvalue weighted by Gasteiger charge is 2.46. The first-order chi connectivity index (χ1) is 11.2. The van der Waals surface area contributed by atoms with Crippen molar-refractivity contribution in [2.45, 2.75) is 50.4 Å². The van der Waals surface area contributed by atoms with E-state index < -0.39 is 0 Å². The van der Waals surface area contributed by atoms with Crippen molar-refractivity contribution in [3.63, 3.8) is 0 Å². The zero-order valence-corrected chi connectivity index (χ0v) is 13.3. The van der Waals surface area contributed by atoms with Gasteiger partial charge < -0.3 is 10.3 Å². The summed E-state index contributed by atoms with van der Waals surface area (Å²) in [6, 6.07) is 4.89. The van der Waals surface area contributed by atoms with Gasteiger partial charge in [-0.2, -0.15) is 0 Å². The summed E-state index contributed by atoms with van der Waals surface area (Å²) in [6.45, 7) is 0.701. The van der Waals surface area contributed by atoms with Gasteiger partial charge in [0.15, 0.2) is 0 Å². The van der Waals surface area contributed by atoms with E-state index in [1.165, 1.54) is 37.0 Å². The van der Waals surface area contributed by atoms with Crippen LogP contribution in [0.5, 0.6) is 0 Å². The van der Waals surface area contributed by atoms with Gasteiger partial charge in [0, 0.05) is 35.0 Å². The number of hydrogen-bond acceptors (Lipinski definition) is 1. The fraction of sp³-hybridized carbons (Fsp3) is 0.526. The molecule has 2 aliphatic rings. The minimum Gasteiger partial charge on any atom is -0.361 e. The molecule has 0 atom stereocenters. The molecule has 23 heavy (non-hydrogen) atoms. The van der Waals surface area contributed by atoms with Crippen molar-refractivity contribution in [2.24, 2.45) is 5.92 Å². The highest BCUT2D eigenvalue weighted by Crippen LogP contribution is 2.50. The molecule has 1 amide bonds. The first-order valence-electron chi connectivity index (χ1n) is 8.73. The Labute approximate surface area is 135 Å². The third-order valence-electron chi connectivity index (χ3n) is 5.65. The van der Waals surface area contributed by atoms with Crippen LogP contribution in [0.3, 0.4) is 0 Å². The first-order valence-corrected chi connectivity index (χ1v) is 8.73. The fourth-order valence-corrected chi connectivity index (χ4v) is 3.99. The predicted octanol–water partition coefficient (Wildman–Crippen LogP) is 4.04. The van der Waals surface area contributed by atoms with E-state index >= 15 is 0 Å². The van der Waals surface area contributed by atoms with Gasteiger partial charge in [0.2, 0.25) is 5.91 Å². The molecule has 122 valence electrons. The Morgan fingerprint density at radius 1 is 1.26 bits per heavy atom. The maximum absolute atomic E-state index is 13.3. The van der Waals surface area contributed by atoms with E-state index in [-0.39, 0.29) is 23.1 Å². The third-order valence-corrected chi connectivity index (χ3v) is 5.65. The summed E-state index contributed by atoms with van der Waals surface area (Å²) in [4.78, 5) is 15.6. The Morgan fingerprint density at radius 2 is 2.04 bits per heavy atom. The van der Waals surface area contributed by atoms with E-state index in [0.717, 1.165) is 36.6 Å². The first kappa shape index (κ1) is 14.7. The molecular formula is C19H23FN2O. The number of rotatable bonds is 4. The maximum atomic E-state index is 13.3. The molecule has 4 rings (SSSR count). The molecule has 4 heteroatoms. The van der Waals surface area contributed by atoms with Gasteiger partial charge in [0.25, 0.3) is 0 Å². The van der Waals surface area contributed by atoms with Crippen LogP contribution in [0.2, 0.25) is 0 Å². The number of amides is 1. The smallest absolute Gasteiger partial charge is 0.223 e. The summed E-state index contributed by atoms with van der Waals surface area (Å²) in [5, 5.41) is 4.27. The van der Waals surface area contributed by atoms with Crippen molar-refractivity contribution in [1.29, 1.82) is 0 Å². The second-order valence-electron chi connectivity index (χ2n) is 7.23. The van der Waals surface area contributed by atoms with Gasteiger partial charge in [0.05, 0.1) is 0 Å². The number of hydrogen-bond donors (Lipinski definition) is 2. The quantitative estimate of drug-likeness (QED) is 0.879. The van der Waals surface area contributed by atoms with E-state index in [1.807, 2.05) is 12.3 Å². The summed E-state index contributed by atoms with van der Waals surface area (Å²) >= 11 is 0. The van der Waals surface area contributed by atoms with E-state index in [2.05, 4.69) is 10.3 Å². The van der Waals surface area contributed by atoms with Gasteiger partial charge in [0.1, 0.15) is 5.82 Å². The van der Waals surface area contributed by atoms with Crippen molar-refractivity contribution in [3.05, 3.63) is 35.8 Å². The largest absolute Gasteiger partial charge is 0.361 e. The number of aromatic nitrogens is 1. The van der Waals surface area contributed by atoms with Gasteiger partial charge in [-0.3, -0.25) is 4.79 Å². The van der Waals surface area contributed by atoms with Crippen molar-refractivity contribution in [3.8, 4) is 0 Å². The second-order valence-corrected chi connectivity index (χ2v) is 7.23. The summed E-state index contributed by atoms with van der Waals surface area (Å²) in [5.41, 5.74) is 2.10. The lowest BCUT2D eigenvalue weighted by Gasteiger charge is -2.23. The Balaban J connectivity index is 1.48. The number of fused-ring (bicyclic) bond motifs is 1. The van der Waals surface area contributed by atoms with E-state index in [1.54, 1.807) is 0 Å². The normalized spacial score (nSPS) is 20.6. The average molecular weight is 314 g/mol. The molecule has 0 aliphatic heterocycles. The molecule has 2 fully saturated rings. The molecule has 0 saturated heterocycles. The maximum Gasteiger partial charge on any atom is 0.223 e. The number of aromatic amines is 1. The number of nitrogens with one attached hydrogen (secondary N) is 2. The van der Waals surface area contributed by atoms with Crippen LogP contribution in [0, 0.1) is 11.7 Å². The van der Waals surface area contributed by atoms with Crippen LogP contribution in [0.25, 0.3) is 10.9 Å². The van der Waals surface area contributed by atoms with Crippen molar-refractivity contribution < 1.29 is 9.18 Å². The number of carbonyl (C=O) groups is 1. The van der Waals surface area contributed by atoms with Crippen LogP contribution in [0.1, 0.15) is 50.5 Å². The molecular weight excluding hydrogens is 291 g/mol. The number of H-pyrrole nitrogens is 1. The lowest BCUT2D eigenvalue weighted by atomic mass is 9.88. The Bertz CT molecular complexity index is 726. The van der Waals surface area contributed by atoms with Crippen LogP contribution in [0.4, 0.5) is 4.39 Å². The third kappa shape index (κ3) is 2.75.